The van der Waals surface area contributed by atoms with Gasteiger partial charge in [-0.25, -0.2) is 9.37 Å². The number of hydrogen-bond acceptors (Lipinski definition) is 6. The lowest BCUT2D eigenvalue weighted by Gasteiger charge is -2.21. The lowest BCUT2D eigenvalue weighted by atomic mass is 10.1. The Hall–Kier alpha value is -4.06. The van der Waals surface area contributed by atoms with Gasteiger partial charge >= 0.3 is 0 Å². The summed E-state index contributed by atoms with van der Waals surface area (Å²) in [6, 6.07) is 16.4. The first-order chi connectivity index (χ1) is 16.5. The Kier molecular flexibility index (Phi) is 5.80. The van der Waals surface area contributed by atoms with Gasteiger partial charge in [-0.3, -0.25) is 9.58 Å². The number of hydrogen-bond donors (Lipinski definition) is 1. The van der Waals surface area contributed by atoms with E-state index >= 15 is 0 Å². The van der Waals surface area contributed by atoms with Crippen LogP contribution < -0.4 is 4.74 Å². The minimum absolute atomic E-state index is 0.000713. The van der Waals surface area contributed by atoms with Gasteiger partial charge in [-0.1, -0.05) is 30.3 Å². The van der Waals surface area contributed by atoms with Crippen molar-refractivity contribution < 1.29 is 14.2 Å². The highest BCUT2D eigenvalue weighted by molar-refractivity contribution is 5.61. The van der Waals surface area contributed by atoms with E-state index in [1.54, 1.807) is 16.9 Å². The second kappa shape index (κ2) is 9.06. The fourth-order valence-corrected chi connectivity index (χ4v) is 4.16. The number of aliphatic hydroxyl groups is 1. The number of ether oxygens (including phenoxy) is 1. The van der Waals surface area contributed by atoms with E-state index in [2.05, 4.69) is 10.1 Å². The average Bonchev–Trinajstić information content (AvgIpc) is 3.40. The molecule has 0 amide bonds. The predicted molar refractivity (Wildman–Crippen MR) is 123 cm³/mol. The first-order valence-corrected chi connectivity index (χ1v) is 10.8. The Labute approximate surface area is 196 Å². The number of nitrogens with zero attached hydrogens (tertiary/aromatic N) is 5. The maximum atomic E-state index is 14.5. The second-order valence-corrected chi connectivity index (χ2v) is 8.27. The SMILES string of the molecule is Cn1cc(-c2ccc(CN3Cc4ccnc(Oc5ccc(CC#N)cc5F)c4C3O)cc2)cn1. The highest BCUT2D eigenvalue weighted by Crippen LogP contribution is 2.39. The Morgan fingerprint density at radius 1 is 1.15 bits per heavy atom. The number of aliphatic hydroxyl groups excluding tert-OH is 1. The summed E-state index contributed by atoms with van der Waals surface area (Å²) in [4.78, 5) is 6.16. The average molecular weight is 455 g/mol. The maximum absolute atomic E-state index is 14.5. The molecule has 4 aromatic rings. The van der Waals surface area contributed by atoms with Crippen LogP contribution in [-0.4, -0.2) is 24.8 Å². The molecule has 1 aliphatic heterocycles. The van der Waals surface area contributed by atoms with Gasteiger partial charge in [-0.05, 0) is 40.5 Å². The number of rotatable bonds is 6. The smallest absolute Gasteiger partial charge is 0.226 e. The molecule has 1 aliphatic rings. The van der Waals surface area contributed by atoms with E-state index in [0.29, 0.717) is 24.2 Å². The van der Waals surface area contributed by atoms with Crippen LogP contribution in [0.3, 0.4) is 0 Å². The van der Waals surface area contributed by atoms with Crippen LogP contribution in [0.1, 0.15) is 28.5 Å². The summed E-state index contributed by atoms with van der Waals surface area (Å²) in [7, 11) is 1.88. The molecule has 34 heavy (non-hydrogen) atoms. The van der Waals surface area contributed by atoms with Crippen LogP contribution in [0, 0.1) is 17.1 Å². The molecule has 3 heterocycles. The summed E-state index contributed by atoms with van der Waals surface area (Å²) in [5, 5.41) is 24.1. The molecule has 1 atom stereocenters. The normalized spacial score (nSPS) is 15.2. The van der Waals surface area contributed by atoms with Crippen molar-refractivity contribution in [1.82, 2.24) is 19.7 Å². The number of nitriles is 1. The number of aromatic nitrogens is 3. The fourth-order valence-electron chi connectivity index (χ4n) is 4.16. The van der Waals surface area contributed by atoms with Gasteiger partial charge in [0.05, 0.1) is 24.3 Å². The lowest BCUT2D eigenvalue weighted by Crippen LogP contribution is -2.21. The van der Waals surface area contributed by atoms with E-state index in [1.807, 2.05) is 60.7 Å². The van der Waals surface area contributed by atoms with Crippen LogP contribution in [0.5, 0.6) is 11.6 Å². The maximum Gasteiger partial charge on any atom is 0.226 e. The van der Waals surface area contributed by atoms with Crippen molar-refractivity contribution in [2.24, 2.45) is 7.05 Å². The van der Waals surface area contributed by atoms with E-state index in [0.717, 1.165) is 22.3 Å². The third-order valence-corrected chi connectivity index (χ3v) is 5.89. The van der Waals surface area contributed by atoms with E-state index in [9.17, 15) is 9.50 Å². The fraction of sp³-hybridized carbons (Fsp3) is 0.192. The van der Waals surface area contributed by atoms with Gasteiger partial charge in [-0.2, -0.15) is 10.4 Å². The summed E-state index contributed by atoms with van der Waals surface area (Å²) in [5.41, 5.74) is 5.16. The van der Waals surface area contributed by atoms with Gasteiger partial charge in [-0.15, -0.1) is 0 Å². The Morgan fingerprint density at radius 2 is 1.94 bits per heavy atom. The summed E-state index contributed by atoms with van der Waals surface area (Å²) >= 11 is 0. The zero-order chi connectivity index (χ0) is 23.7. The summed E-state index contributed by atoms with van der Waals surface area (Å²) in [6.07, 6.45) is 4.56. The highest BCUT2D eigenvalue weighted by atomic mass is 19.1. The molecule has 0 fully saturated rings. The summed E-state index contributed by atoms with van der Waals surface area (Å²) in [5.74, 6) is -0.407. The molecule has 0 aliphatic carbocycles. The van der Waals surface area contributed by atoms with E-state index in [-0.39, 0.29) is 18.1 Å². The van der Waals surface area contributed by atoms with Gasteiger partial charge in [0, 0.05) is 38.1 Å². The molecule has 8 heteroatoms. The van der Waals surface area contributed by atoms with Gasteiger partial charge in [0.25, 0.3) is 0 Å². The molecule has 1 unspecified atom stereocenters. The first-order valence-electron chi connectivity index (χ1n) is 10.8. The van der Waals surface area contributed by atoms with Crippen molar-refractivity contribution in [3.8, 4) is 28.8 Å². The summed E-state index contributed by atoms with van der Waals surface area (Å²) in [6.45, 7) is 1.04. The molecular formula is C26H22FN5O2. The number of halogens is 1. The quantitative estimate of drug-likeness (QED) is 0.461. The highest BCUT2D eigenvalue weighted by Gasteiger charge is 2.32. The van der Waals surface area contributed by atoms with Gasteiger partial charge < -0.3 is 9.84 Å². The standard InChI is InChI=1S/C26H22FN5O2/c1-31-15-21(13-30-31)19-5-2-18(3-6-19)14-32-16-20-9-11-29-25(24(20)26(32)33)34-23-7-4-17(8-10-28)12-22(23)27/h2-7,9,11-13,15,26,33H,8,14,16H2,1H3. The van der Waals surface area contributed by atoms with Crippen molar-refractivity contribution >= 4 is 0 Å². The monoisotopic (exact) mass is 455 g/mol. The Bertz CT molecular complexity index is 1380. The number of benzene rings is 2. The second-order valence-electron chi connectivity index (χ2n) is 8.27. The molecular weight excluding hydrogens is 433 g/mol. The van der Waals surface area contributed by atoms with Crippen molar-refractivity contribution in [2.45, 2.75) is 25.7 Å². The van der Waals surface area contributed by atoms with Crippen molar-refractivity contribution in [3.63, 3.8) is 0 Å². The Balaban J connectivity index is 1.33. The van der Waals surface area contributed by atoms with Gasteiger partial charge in [0.15, 0.2) is 11.6 Å². The minimum Gasteiger partial charge on any atom is -0.435 e. The molecule has 0 saturated carbocycles. The summed E-state index contributed by atoms with van der Waals surface area (Å²) < 4.78 is 22.0. The van der Waals surface area contributed by atoms with E-state index in [1.165, 1.54) is 12.1 Å². The van der Waals surface area contributed by atoms with Crippen LogP contribution in [0.15, 0.2) is 67.1 Å². The van der Waals surface area contributed by atoms with Crippen LogP contribution in [0.4, 0.5) is 4.39 Å². The largest absolute Gasteiger partial charge is 0.435 e. The number of aryl methyl sites for hydroxylation is 1. The topological polar surface area (TPSA) is 87.2 Å². The van der Waals surface area contributed by atoms with Gasteiger partial charge in [0.1, 0.15) is 6.23 Å². The third kappa shape index (κ3) is 4.27. The van der Waals surface area contributed by atoms with Gasteiger partial charge in [0.2, 0.25) is 5.88 Å². The number of fused-ring (bicyclic) bond motifs is 1. The molecule has 2 aromatic heterocycles. The predicted octanol–water partition coefficient (Wildman–Crippen LogP) is 4.49. The molecule has 0 radical (unpaired) electrons. The zero-order valence-corrected chi connectivity index (χ0v) is 18.5. The molecule has 1 N–H and O–H groups in total. The minimum atomic E-state index is -0.933. The molecule has 0 bridgehead atoms. The zero-order valence-electron chi connectivity index (χ0n) is 18.5. The Morgan fingerprint density at radius 3 is 2.65 bits per heavy atom. The van der Waals surface area contributed by atoms with Crippen molar-refractivity contribution in [1.29, 1.82) is 5.26 Å². The lowest BCUT2D eigenvalue weighted by molar-refractivity contribution is 0.00638. The van der Waals surface area contributed by atoms with E-state index in [4.69, 9.17) is 10.00 Å². The molecule has 5 rings (SSSR count). The third-order valence-electron chi connectivity index (χ3n) is 5.89. The molecule has 0 saturated heterocycles. The van der Waals surface area contributed by atoms with Crippen LogP contribution >= 0.6 is 0 Å². The molecule has 7 nitrogen and oxygen atoms in total. The van der Waals surface area contributed by atoms with Crippen LogP contribution in [0.25, 0.3) is 11.1 Å². The van der Waals surface area contributed by atoms with Crippen LogP contribution in [-0.2, 0) is 26.6 Å². The van der Waals surface area contributed by atoms with Crippen LogP contribution in [0.2, 0.25) is 0 Å². The van der Waals surface area contributed by atoms with E-state index < -0.39 is 12.0 Å². The molecule has 170 valence electrons. The van der Waals surface area contributed by atoms with Crippen molar-refractivity contribution in [3.05, 3.63) is 95.2 Å². The number of pyridine rings is 1. The molecule has 0 spiro atoms. The molecule has 2 aromatic carbocycles. The first kappa shape index (κ1) is 21.8. The van der Waals surface area contributed by atoms with Crippen molar-refractivity contribution in [2.75, 3.05) is 0 Å².